The predicted octanol–water partition coefficient (Wildman–Crippen LogP) is 0.764. The van der Waals surface area contributed by atoms with Gasteiger partial charge in [0, 0.05) is 32.8 Å². The standard InChI is InChI=1S/C9H23N3O/c1-4-10-12(11-5-2)8-7-9-13-6-3/h10-11H,4-9H2,1-3H3. The molecule has 0 rings (SSSR count). The molecule has 4 heteroatoms. The number of nitrogens with one attached hydrogen (secondary N) is 2. The van der Waals surface area contributed by atoms with Crippen LogP contribution in [0.2, 0.25) is 0 Å². The second kappa shape index (κ2) is 9.92. The van der Waals surface area contributed by atoms with Crippen molar-refractivity contribution in [2.24, 2.45) is 0 Å². The zero-order valence-electron chi connectivity index (χ0n) is 9.10. The first kappa shape index (κ1) is 12.8. The summed E-state index contributed by atoms with van der Waals surface area (Å²) in [5, 5.41) is 2.03. The lowest BCUT2D eigenvalue weighted by Crippen LogP contribution is -2.48. The monoisotopic (exact) mass is 189 g/mol. The Morgan fingerprint density at radius 1 is 1.08 bits per heavy atom. The third-order valence-corrected chi connectivity index (χ3v) is 1.57. The van der Waals surface area contributed by atoms with Gasteiger partial charge in [-0.1, -0.05) is 13.8 Å². The summed E-state index contributed by atoms with van der Waals surface area (Å²) in [6.07, 6.45) is 1.05. The first-order valence-corrected chi connectivity index (χ1v) is 5.17. The van der Waals surface area contributed by atoms with Crippen molar-refractivity contribution < 1.29 is 4.74 Å². The summed E-state index contributed by atoms with van der Waals surface area (Å²) in [4.78, 5) is 0. The van der Waals surface area contributed by atoms with Gasteiger partial charge in [-0.2, -0.15) is 5.12 Å². The van der Waals surface area contributed by atoms with E-state index in [-0.39, 0.29) is 0 Å². The lowest BCUT2D eigenvalue weighted by atomic mass is 10.4. The fourth-order valence-corrected chi connectivity index (χ4v) is 1.06. The summed E-state index contributed by atoms with van der Waals surface area (Å²) in [6, 6.07) is 0. The van der Waals surface area contributed by atoms with Crippen molar-refractivity contribution in [2.45, 2.75) is 27.2 Å². The number of rotatable bonds is 9. The first-order valence-electron chi connectivity index (χ1n) is 5.17. The molecule has 0 aromatic carbocycles. The van der Waals surface area contributed by atoms with E-state index in [0.717, 1.165) is 39.3 Å². The average molecular weight is 189 g/mol. The molecule has 0 saturated carbocycles. The molecule has 0 unspecified atom stereocenters. The van der Waals surface area contributed by atoms with Crippen LogP contribution < -0.4 is 10.9 Å². The molecule has 13 heavy (non-hydrogen) atoms. The van der Waals surface area contributed by atoms with Crippen LogP contribution in [0.25, 0.3) is 0 Å². The molecule has 0 saturated heterocycles. The summed E-state index contributed by atoms with van der Waals surface area (Å²) < 4.78 is 5.26. The maximum atomic E-state index is 5.26. The van der Waals surface area contributed by atoms with Crippen molar-refractivity contribution >= 4 is 0 Å². The van der Waals surface area contributed by atoms with Crippen molar-refractivity contribution in [3.8, 4) is 0 Å². The van der Waals surface area contributed by atoms with Gasteiger partial charge in [-0.25, -0.2) is 10.9 Å². The van der Waals surface area contributed by atoms with Gasteiger partial charge in [0.1, 0.15) is 0 Å². The zero-order chi connectivity index (χ0) is 9.94. The minimum atomic E-state index is 0.808. The molecule has 0 aromatic heterocycles. The smallest absolute Gasteiger partial charge is 0.0479 e. The lowest BCUT2D eigenvalue weighted by Gasteiger charge is -2.22. The zero-order valence-corrected chi connectivity index (χ0v) is 9.10. The largest absolute Gasteiger partial charge is 0.382 e. The topological polar surface area (TPSA) is 36.5 Å². The van der Waals surface area contributed by atoms with Crippen LogP contribution >= 0.6 is 0 Å². The highest BCUT2D eigenvalue weighted by Gasteiger charge is 1.99. The predicted molar refractivity (Wildman–Crippen MR) is 55.2 cm³/mol. The molecule has 0 aromatic rings. The Balaban J connectivity index is 3.33. The third-order valence-electron chi connectivity index (χ3n) is 1.57. The van der Waals surface area contributed by atoms with Crippen LogP contribution in [0, 0.1) is 0 Å². The number of hydrogen-bond acceptors (Lipinski definition) is 4. The summed E-state index contributed by atoms with van der Waals surface area (Å²) >= 11 is 0. The summed E-state index contributed by atoms with van der Waals surface area (Å²) in [6.45, 7) is 10.7. The van der Waals surface area contributed by atoms with E-state index in [1.54, 1.807) is 0 Å². The molecular weight excluding hydrogens is 166 g/mol. The van der Waals surface area contributed by atoms with E-state index < -0.39 is 0 Å². The van der Waals surface area contributed by atoms with Gasteiger partial charge in [-0.15, -0.1) is 0 Å². The fraction of sp³-hybridized carbons (Fsp3) is 1.00. The summed E-state index contributed by atoms with van der Waals surface area (Å²) in [5.74, 6) is 0. The van der Waals surface area contributed by atoms with Crippen molar-refractivity contribution in [1.29, 1.82) is 0 Å². The van der Waals surface area contributed by atoms with Crippen LogP contribution in [0.1, 0.15) is 27.2 Å². The number of nitrogens with zero attached hydrogens (tertiary/aromatic N) is 1. The van der Waals surface area contributed by atoms with E-state index in [1.165, 1.54) is 0 Å². The van der Waals surface area contributed by atoms with Crippen LogP contribution in [0.5, 0.6) is 0 Å². The maximum absolute atomic E-state index is 5.26. The van der Waals surface area contributed by atoms with Gasteiger partial charge >= 0.3 is 0 Å². The number of ether oxygens (including phenoxy) is 1. The molecule has 0 bridgehead atoms. The molecule has 80 valence electrons. The average Bonchev–Trinajstić information content (AvgIpc) is 2.13. The first-order chi connectivity index (χ1) is 6.35. The highest BCUT2D eigenvalue weighted by atomic mass is 16.5. The second-order valence-corrected chi connectivity index (χ2v) is 2.73. The van der Waals surface area contributed by atoms with E-state index in [4.69, 9.17) is 4.74 Å². The van der Waals surface area contributed by atoms with E-state index in [2.05, 4.69) is 24.7 Å². The van der Waals surface area contributed by atoms with Gasteiger partial charge < -0.3 is 4.74 Å². The van der Waals surface area contributed by atoms with Gasteiger partial charge in [-0.05, 0) is 13.3 Å². The maximum Gasteiger partial charge on any atom is 0.0479 e. The molecule has 0 aliphatic rings. The van der Waals surface area contributed by atoms with Gasteiger partial charge in [0.15, 0.2) is 0 Å². The molecule has 4 nitrogen and oxygen atoms in total. The summed E-state index contributed by atoms with van der Waals surface area (Å²) in [5.41, 5.74) is 6.45. The van der Waals surface area contributed by atoms with Crippen LogP contribution in [-0.2, 0) is 4.74 Å². The van der Waals surface area contributed by atoms with Crippen LogP contribution in [-0.4, -0.2) is 38.0 Å². The second-order valence-electron chi connectivity index (χ2n) is 2.73. The van der Waals surface area contributed by atoms with Crippen LogP contribution in [0.3, 0.4) is 0 Å². The Morgan fingerprint density at radius 2 is 1.69 bits per heavy atom. The minimum absolute atomic E-state index is 0.808. The third kappa shape index (κ3) is 8.18. The normalized spacial score (nSPS) is 11.1. The number of hydrogen-bond donors (Lipinski definition) is 2. The fourth-order valence-electron chi connectivity index (χ4n) is 1.06. The Morgan fingerprint density at radius 3 is 2.15 bits per heavy atom. The van der Waals surface area contributed by atoms with E-state index in [9.17, 15) is 0 Å². The molecular formula is C9H23N3O. The molecule has 2 N–H and O–H groups in total. The molecule has 0 aliphatic heterocycles. The van der Waals surface area contributed by atoms with Crippen LogP contribution in [0.4, 0.5) is 0 Å². The molecule has 0 aliphatic carbocycles. The van der Waals surface area contributed by atoms with Gasteiger partial charge in [0.2, 0.25) is 0 Å². The quantitative estimate of drug-likeness (QED) is 0.415. The molecule has 0 heterocycles. The Labute approximate surface area is 81.6 Å². The van der Waals surface area contributed by atoms with Crippen molar-refractivity contribution in [3.05, 3.63) is 0 Å². The van der Waals surface area contributed by atoms with Crippen molar-refractivity contribution in [2.75, 3.05) is 32.8 Å². The Bertz CT molecular complexity index is 94.9. The van der Waals surface area contributed by atoms with E-state index in [1.807, 2.05) is 12.0 Å². The van der Waals surface area contributed by atoms with Crippen LogP contribution in [0.15, 0.2) is 0 Å². The lowest BCUT2D eigenvalue weighted by molar-refractivity contribution is 0.0876. The molecule has 0 radical (unpaired) electrons. The van der Waals surface area contributed by atoms with Gasteiger partial charge in [-0.3, -0.25) is 0 Å². The summed E-state index contributed by atoms with van der Waals surface area (Å²) in [7, 11) is 0. The molecule has 0 amide bonds. The van der Waals surface area contributed by atoms with Crippen molar-refractivity contribution in [3.63, 3.8) is 0 Å². The van der Waals surface area contributed by atoms with Gasteiger partial charge in [0.05, 0.1) is 0 Å². The van der Waals surface area contributed by atoms with E-state index in [0.29, 0.717) is 0 Å². The number of hydrazine groups is 2. The van der Waals surface area contributed by atoms with Gasteiger partial charge in [0.25, 0.3) is 0 Å². The Hall–Kier alpha value is -0.160. The van der Waals surface area contributed by atoms with E-state index >= 15 is 0 Å². The SMILES string of the molecule is CCNN(CCCOCC)NCC. The molecule has 0 spiro atoms. The highest BCUT2D eigenvalue weighted by Crippen LogP contribution is 1.85. The molecule has 0 fully saturated rings. The van der Waals surface area contributed by atoms with Crippen molar-refractivity contribution in [1.82, 2.24) is 16.0 Å². The molecule has 0 atom stereocenters. The Kier molecular flexibility index (Phi) is 9.80. The minimum Gasteiger partial charge on any atom is -0.382 e. The highest BCUT2D eigenvalue weighted by molar-refractivity contribution is 4.45.